The van der Waals surface area contributed by atoms with Gasteiger partial charge in [0.05, 0.1) is 11.0 Å². The molecule has 1 aliphatic rings. The first-order chi connectivity index (χ1) is 23.8. The first kappa shape index (κ1) is 27.3. The van der Waals surface area contributed by atoms with Crippen LogP contribution in [-0.4, -0.2) is 4.57 Å². The van der Waals surface area contributed by atoms with Gasteiger partial charge in [0, 0.05) is 37.2 Å². The molecule has 0 atom stereocenters. The van der Waals surface area contributed by atoms with E-state index in [-0.39, 0.29) is 0 Å². The van der Waals surface area contributed by atoms with Crippen LogP contribution in [0.15, 0.2) is 186 Å². The maximum absolute atomic E-state index is 2.43. The van der Waals surface area contributed by atoms with Crippen molar-refractivity contribution in [3.05, 3.63) is 176 Å². The smallest absolute Gasteiger partial charge is 0.0619 e. The maximum atomic E-state index is 2.43. The lowest BCUT2D eigenvalue weighted by Gasteiger charge is -2.23. The summed E-state index contributed by atoms with van der Waals surface area (Å²) in [7, 11) is 0. The number of hydrogen-bond acceptors (Lipinski definition) is 1. The van der Waals surface area contributed by atoms with Crippen LogP contribution in [0.3, 0.4) is 0 Å². The predicted octanol–water partition coefficient (Wildman–Crippen LogP) is 13.1. The molecule has 1 aromatic heterocycles. The van der Waals surface area contributed by atoms with E-state index >= 15 is 0 Å². The fourth-order valence-corrected chi connectivity index (χ4v) is 8.83. The molecule has 0 saturated carbocycles. The van der Waals surface area contributed by atoms with Crippen molar-refractivity contribution in [2.75, 3.05) is 0 Å². The predicted molar refractivity (Wildman–Crippen MR) is 204 cm³/mol. The third-order valence-electron chi connectivity index (χ3n) is 9.81. The molecule has 0 spiro atoms. The molecular formula is C46H29NS. The zero-order valence-corrected chi connectivity index (χ0v) is 26.9. The van der Waals surface area contributed by atoms with Crippen molar-refractivity contribution in [1.29, 1.82) is 0 Å². The SMILES string of the molecule is c1ccc(-c2ccc3c4c(cccc24)-c2cc(-c4ccccc4-c4cccc5c6ccccc6n(-c6ccccc6)c45)ccc2S3)cc1. The van der Waals surface area contributed by atoms with Crippen LogP contribution in [0.5, 0.6) is 0 Å². The van der Waals surface area contributed by atoms with Gasteiger partial charge in [-0.25, -0.2) is 0 Å². The van der Waals surface area contributed by atoms with Gasteiger partial charge in [0.2, 0.25) is 0 Å². The second kappa shape index (κ2) is 10.9. The summed E-state index contributed by atoms with van der Waals surface area (Å²) in [5.41, 5.74) is 13.7. The van der Waals surface area contributed by atoms with Crippen LogP contribution in [-0.2, 0) is 0 Å². The zero-order chi connectivity index (χ0) is 31.6. The van der Waals surface area contributed by atoms with Crippen molar-refractivity contribution in [2.24, 2.45) is 0 Å². The highest BCUT2D eigenvalue weighted by molar-refractivity contribution is 7.99. The molecule has 0 unspecified atom stereocenters. The van der Waals surface area contributed by atoms with E-state index in [1.165, 1.54) is 92.6 Å². The topological polar surface area (TPSA) is 4.93 Å². The van der Waals surface area contributed by atoms with Gasteiger partial charge in [-0.3, -0.25) is 0 Å². The van der Waals surface area contributed by atoms with Gasteiger partial charge in [0.1, 0.15) is 0 Å². The standard InChI is InChI=1S/C46H29NS/c1-3-13-30(14-4-1)34-26-28-44-45-37(34)20-11-21-38(45)41-29-31(25-27-43(41)48-44)33-17-7-8-18-35(33)39-22-12-23-40-36-19-9-10-24-42(36)47(46(39)40)32-15-5-2-6-16-32/h1-29H. The van der Waals surface area contributed by atoms with E-state index in [2.05, 4.69) is 180 Å². The van der Waals surface area contributed by atoms with Crippen molar-refractivity contribution in [3.8, 4) is 50.2 Å². The molecule has 224 valence electrons. The van der Waals surface area contributed by atoms with Gasteiger partial charge in [-0.05, 0) is 80.7 Å². The average Bonchev–Trinajstić information content (AvgIpc) is 3.50. The molecule has 1 aliphatic heterocycles. The summed E-state index contributed by atoms with van der Waals surface area (Å²) in [4.78, 5) is 2.62. The minimum absolute atomic E-state index is 1.17. The molecular weight excluding hydrogens is 599 g/mol. The van der Waals surface area contributed by atoms with Crippen LogP contribution in [0.2, 0.25) is 0 Å². The minimum Gasteiger partial charge on any atom is -0.309 e. The first-order valence-corrected chi connectivity index (χ1v) is 17.3. The van der Waals surface area contributed by atoms with Crippen LogP contribution < -0.4 is 0 Å². The van der Waals surface area contributed by atoms with Crippen LogP contribution in [0.25, 0.3) is 82.8 Å². The summed E-state index contributed by atoms with van der Waals surface area (Å²) >= 11 is 1.88. The molecule has 0 radical (unpaired) electrons. The average molecular weight is 628 g/mol. The monoisotopic (exact) mass is 627 g/mol. The van der Waals surface area contributed by atoms with E-state index in [4.69, 9.17) is 0 Å². The number of para-hydroxylation sites is 3. The highest BCUT2D eigenvalue weighted by Crippen LogP contribution is 2.51. The van der Waals surface area contributed by atoms with Crippen molar-refractivity contribution < 1.29 is 0 Å². The Kier molecular flexibility index (Phi) is 6.18. The third kappa shape index (κ3) is 4.13. The maximum Gasteiger partial charge on any atom is 0.0619 e. The Morgan fingerprint density at radius 3 is 1.85 bits per heavy atom. The van der Waals surface area contributed by atoms with Crippen LogP contribution >= 0.6 is 11.8 Å². The Morgan fingerprint density at radius 2 is 1.00 bits per heavy atom. The summed E-state index contributed by atoms with van der Waals surface area (Å²) in [5, 5.41) is 5.18. The Morgan fingerprint density at radius 1 is 0.354 bits per heavy atom. The third-order valence-corrected chi connectivity index (χ3v) is 11.0. The van der Waals surface area contributed by atoms with Gasteiger partial charge < -0.3 is 4.57 Å². The van der Waals surface area contributed by atoms with Crippen LogP contribution in [0, 0.1) is 0 Å². The normalized spacial score (nSPS) is 12.1. The van der Waals surface area contributed by atoms with Crippen LogP contribution in [0.1, 0.15) is 0 Å². The van der Waals surface area contributed by atoms with Crippen molar-refractivity contribution >= 4 is 44.3 Å². The van der Waals surface area contributed by atoms with E-state index in [1.54, 1.807) is 0 Å². The molecule has 0 aliphatic carbocycles. The summed E-state index contributed by atoms with van der Waals surface area (Å²) in [6.45, 7) is 0. The van der Waals surface area contributed by atoms with Crippen molar-refractivity contribution in [1.82, 2.24) is 4.57 Å². The fourth-order valence-electron chi connectivity index (χ4n) is 7.72. The first-order valence-electron chi connectivity index (χ1n) is 16.4. The molecule has 0 saturated heterocycles. The number of benzene rings is 8. The molecule has 0 N–H and O–H groups in total. The lowest BCUT2D eigenvalue weighted by molar-refractivity contribution is 1.18. The van der Waals surface area contributed by atoms with Crippen molar-refractivity contribution in [3.63, 3.8) is 0 Å². The van der Waals surface area contributed by atoms with Gasteiger partial charge in [-0.1, -0.05) is 151 Å². The van der Waals surface area contributed by atoms with Gasteiger partial charge in [-0.2, -0.15) is 0 Å². The van der Waals surface area contributed by atoms with E-state index in [0.717, 1.165) is 0 Å². The highest BCUT2D eigenvalue weighted by Gasteiger charge is 2.23. The summed E-state index contributed by atoms with van der Waals surface area (Å²) in [6.07, 6.45) is 0. The molecule has 8 aromatic carbocycles. The number of rotatable bonds is 4. The Labute approximate surface area is 283 Å². The molecule has 10 rings (SSSR count). The van der Waals surface area contributed by atoms with Gasteiger partial charge >= 0.3 is 0 Å². The fraction of sp³-hybridized carbons (Fsp3) is 0. The molecule has 2 heteroatoms. The molecule has 48 heavy (non-hydrogen) atoms. The quantitative estimate of drug-likeness (QED) is 0.188. The number of fused-ring (bicyclic) bond motifs is 5. The lowest BCUT2D eigenvalue weighted by Crippen LogP contribution is -1.97. The Hall–Kier alpha value is -5.83. The molecule has 1 nitrogen and oxygen atoms in total. The second-order valence-electron chi connectivity index (χ2n) is 12.5. The van der Waals surface area contributed by atoms with Gasteiger partial charge in [0.15, 0.2) is 0 Å². The van der Waals surface area contributed by atoms with Crippen molar-refractivity contribution in [2.45, 2.75) is 9.79 Å². The summed E-state index contributed by atoms with van der Waals surface area (Å²) < 4.78 is 2.43. The van der Waals surface area contributed by atoms with Gasteiger partial charge in [-0.15, -0.1) is 0 Å². The molecule has 9 aromatic rings. The Balaban J connectivity index is 1.19. The van der Waals surface area contributed by atoms with E-state index in [0.29, 0.717) is 0 Å². The number of aromatic nitrogens is 1. The minimum atomic E-state index is 1.17. The lowest BCUT2D eigenvalue weighted by atomic mass is 9.89. The van der Waals surface area contributed by atoms with E-state index in [9.17, 15) is 0 Å². The zero-order valence-electron chi connectivity index (χ0n) is 26.1. The summed E-state index contributed by atoms with van der Waals surface area (Å²) in [6, 6.07) is 64.4. The Bertz CT molecular complexity index is 2690. The van der Waals surface area contributed by atoms with Crippen LogP contribution in [0.4, 0.5) is 0 Å². The second-order valence-corrected chi connectivity index (χ2v) is 13.5. The van der Waals surface area contributed by atoms with Gasteiger partial charge in [0.25, 0.3) is 0 Å². The summed E-state index contributed by atoms with van der Waals surface area (Å²) in [5.74, 6) is 0. The molecule has 2 heterocycles. The van der Waals surface area contributed by atoms with E-state index in [1.807, 2.05) is 11.8 Å². The largest absolute Gasteiger partial charge is 0.309 e. The number of hydrogen-bond donors (Lipinski definition) is 0. The highest BCUT2D eigenvalue weighted by atomic mass is 32.2. The number of nitrogens with zero attached hydrogens (tertiary/aromatic N) is 1. The van der Waals surface area contributed by atoms with E-state index < -0.39 is 0 Å². The molecule has 0 amide bonds. The molecule has 0 fully saturated rings. The molecule has 0 bridgehead atoms.